The highest BCUT2D eigenvalue weighted by molar-refractivity contribution is 5.81. The second-order valence-electron chi connectivity index (χ2n) is 3.75. The third-order valence-electron chi connectivity index (χ3n) is 2.13. The van der Waals surface area contributed by atoms with Crippen LogP contribution in [0.3, 0.4) is 0 Å². The standard InChI is InChI=1S/C9H18N2O2/c1-6(5-12)10-7(2)9(13)11-8-3-4-8/h6-8,10,12H,3-5H2,1-2H3,(H,11,13). The van der Waals surface area contributed by atoms with Crippen molar-refractivity contribution in [1.82, 2.24) is 10.6 Å². The summed E-state index contributed by atoms with van der Waals surface area (Å²) in [7, 11) is 0. The van der Waals surface area contributed by atoms with Crippen LogP contribution in [0.2, 0.25) is 0 Å². The van der Waals surface area contributed by atoms with Gasteiger partial charge in [-0.05, 0) is 26.7 Å². The molecule has 1 saturated carbocycles. The van der Waals surface area contributed by atoms with Crippen molar-refractivity contribution >= 4 is 5.91 Å². The number of amides is 1. The van der Waals surface area contributed by atoms with Gasteiger partial charge in [0.1, 0.15) is 0 Å². The van der Waals surface area contributed by atoms with Gasteiger partial charge >= 0.3 is 0 Å². The molecule has 0 aromatic rings. The number of carbonyl (C=O) groups excluding carboxylic acids is 1. The molecular formula is C9H18N2O2. The van der Waals surface area contributed by atoms with Crippen molar-refractivity contribution < 1.29 is 9.90 Å². The van der Waals surface area contributed by atoms with E-state index in [0.29, 0.717) is 6.04 Å². The van der Waals surface area contributed by atoms with Gasteiger partial charge in [0.15, 0.2) is 0 Å². The Morgan fingerprint density at radius 3 is 2.62 bits per heavy atom. The molecule has 13 heavy (non-hydrogen) atoms. The topological polar surface area (TPSA) is 61.4 Å². The number of aliphatic hydroxyl groups excluding tert-OH is 1. The van der Waals surface area contributed by atoms with E-state index in [-0.39, 0.29) is 24.6 Å². The Bertz CT molecular complexity index is 180. The minimum absolute atomic E-state index is 0.0278. The van der Waals surface area contributed by atoms with E-state index < -0.39 is 0 Å². The predicted octanol–water partition coefficient (Wildman–Crippen LogP) is -0.376. The van der Waals surface area contributed by atoms with E-state index in [9.17, 15) is 4.79 Å². The van der Waals surface area contributed by atoms with Gasteiger partial charge in [-0.2, -0.15) is 0 Å². The fourth-order valence-corrected chi connectivity index (χ4v) is 1.11. The minimum Gasteiger partial charge on any atom is -0.395 e. The Labute approximate surface area is 78.7 Å². The maximum Gasteiger partial charge on any atom is 0.237 e. The molecule has 0 aromatic heterocycles. The molecule has 0 spiro atoms. The molecule has 0 heterocycles. The molecule has 0 bridgehead atoms. The molecule has 0 saturated heterocycles. The first-order chi connectivity index (χ1) is 6.13. The first-order valence-electron chi connectivity index (χ1n) is 4.80. The maximum atomic E-state index is 11.4. The van der Waals surface area contributed by atoms with Crippen molar-refractivity contribution in [3.05, 3.63) is 0 Å². The van der Waals surface area contributed by atoms with E-state index in [4.69, 9.17) is 5.11 Å². The third-order valence-corrected chi connectivity index (χ3v) is 2.13. The zero-order valence-electron chi connectivity index (χ0n) is 8.21. The maximum absolute atomic E-state index is 11.4. The van der Waals surface area contributed by atoms with Gasteiger partial charge in [-0.25, -0.2) is 0 Å². The molecule has 76 valence electrons. The van der Waals surface area contributed by atoms with Crippen LogP contribution >= 0.6 is 0 Å². The quantitative estimate of drug-likeness (QED) is 0.548. The van der Waals surface area contributed by atoms with Crippen LogP contribution in [-0.4, -0.2) is 35.7 Å². The van der Waals surface area contributed by atoms with Crippen molar-refractivity contribution in [1.29, 1.82) is 0 Å². The zero-order chi connectivity index (χ0) is 9.84. The average Bonchev–Trinajstić information content (AvgIpc) is 2.87. The van der Waals surface area contributed by atoms with Gasteiger partial charge in [-0.1, -0.05) is 0 Å². The Kier molecular flexibility index (Phi) is 3.69. The van der Waals surface area contributed by atoms with Crippen LogP contribution in [0.4, 0.5) is 0 Å². The molecule has 1 aliphatic rings. The second kappa shape index (κ2) is 4.58. The summed E-state index contributed by atoms with van der Waals surface area (Å²) < 4.78 is 0. The molecule has 4 nitrogen and oxygen atoms in total. The summed E-state index contributed by atoms with van der Waals surface area (Å²) in [6.45, 7) is 3.71. The molecule has 3 N–H and O–H groups in total. The Morgan fingerprint density at radius 1 is 1.54 bits per heavy atom. The van der Waals surface area contributed by atoms with Gasteiger partial charge in [-0.15, -0.1) is 0 Å². The lowest BCUT2D eigenvalue weighted by Gasteiger charge is -2.17. The number of aliphatic hydroxyl groups is 1. The monoisotopic (exact) mass is 186 g/mol. The Morgan fingerprint density at radius 2 is 2.15 bits per heavy atom. The SMILES string of the molecule is CC(CO)NC(C)C(=O)NC1CC1. The van der Waals surface area contributed by atoms with E-state index in [2.05, 4.69) is 10.6 Å². The van der Waals surface area contributed by atoms with E-state index in [0.717, 1.165) is 12.8 Å². The molecule has 4 heteroatoms. The average molecular weight is 186 g/mol. The fourth-order valence-electron chi connectivity index (χ4n) is 1.11. The highest BCUT2D eigenvalue weighted by Gasteiger charge is 2.25. The molecule has 1 fully saturated rings. The summed E-state index contributed by atoms with van der Waals surface area (Å²) in [6, 6.07) is 0.156. The number of nitrogens with one attached hydrogen (secondary N) is 2. The van der Waals surface area contributed by atoms with Gasteiger partial charge < -0.3 is 15.7 Å². The summed E-state index contributed by atoms with van der Waals surface area (Å²) in [6.07, 6.45) is 2.21. The van der Waals surface area contributed by atoms with Gasteiger partial charge in [0.05, 0.1) is 12.6 Å². The van der Waals surface area contributed by atoms with E-state index >= 15 is 0 Å². The first kappa shape index (κ1) is 10.5. The summed E-state index contributed by atoms with van der Waals surface area (Å²) in [5.74, 6) is 0.0304. The molecular weight excluding hydrogens is 168 g/mol. The van der Waals surface area contributed by atoms with Gasteiger partial charge in [0.2, 0.25) is 5.91 Å². The van der Waals surface area contributed by atoms with Crippen LogP contribution in [0.1, 0.15) is 26.7 Å². The van der Waals surface area contributed by atoms with E-state index in [1.54, 1.807) is 0 Å². The lowest BCUT2D eigenvalue weighted by Crippen LogP contribution is -2.47. The van der Waals surface area contributed by atoms with Crippen molar-refractivity contribution in [2.45, 2.75) is 44.8 Å². The third kappa shape index (κ3) is 3.74. The smallest absolute Gasteiger partial charge is 0.237 e. The fraction of sp³-hybridized carbons (Fsp3) is 0.889. The molecule has 1 rings (SSSR count). The predicted molar refractivity (Wildman–Crippen MR) is 50.3 cm³/mol. The molecule has 0 aliphatic heterocycles. The minimum atomic E-state index is -0.220. The number of carbonyl (C=O) groups is 1. The zero-order valence-corrected chi connectivity index (χ0v) is 8.21. The van der Waals surface area contributed by atoms with Crippen LogP contribution in [0, 0.1) is 0 Å². The number of hydrogen-bond acceptors (Lipinski definition) is 3. The molecule has 1 amide bonds. The lowest BCUT2D eigenvalue weighted by molar-refractivity contribution is -0.123. The van der Waals surface area contributed by atoms with Gasteiger partial charge in [0, 0.05) is 12.1 Å². The number of rotatable bonds is 5. The Balaban J connectivity index is 2.19. The second-order valence-corrected chi connectivity index (χ2v) is 3.75. The largest absolute Gasteiger partial charge is 0.395 e. The normalized spacial score (nSPS) is 20.8. The van der Waals surface area contributed by atoms with Gasteiger partial charge in [-0.3, -0.25) is 4.79 Å². The summed E-state index contributed by atoms with van der Waals surface area (Å²) in [5, 5.41) is 14.7. The van der Waals surface area contributed by atoms with Gasteiger partial charge in [0.25, 0.3) is 0 Å². The summed E-state index contributed by atoms with van der Waals surface area (Å²) >= 11 is 0. The van der Waals surface area contributed by atoms with Crippen molar-refractivity contribution in [3.63, 3.8) is 0 Å². The van der Waals surface area contributed by atoms with Crippen molar-refractivity contribution in [2.75, 3.05) is 6.61 Å². The molecule has 2 atom stereocenters. The molecule has 0 aromatic carbocycles. The first-order valence-corrected chi connectivity index (χ1v) is 4.80. The summed E-state index contributed by atoms with van der Waals surface area (Å²) in [5.41, 5.74) is 0. The molecule has 1 aliphatic carbocycles. The summed E-state index contributed by atoms with van der Waals surface area (Å²) in [4.78, 5) is 11.4. The van der Waals surface area contributed by atoms with Crippen LogP contribution in [0.25, 0.3) is 0 Å². The van der Waals surface area contributed by atoms with Crippen LogP contribution in [-0.2, 0) is 4.79 Å². The molecule has 2 unspecified atom stereocenters. The molecule has 0 radical (unpaired) electrons. The highest BCUT2D eigenvalue weighted by Crippen LogP contribution is 2.18. The van der Waals surface area contributed by atoms with Crippen LogP contribution in [0.15, 0.2) is 0 Å². The number of hydrogen-bond donors (Lipinski definition) is 3. The lowest BCUT2D eigenvalue weighted by atomic mass is 10.2. The van der Waals surface area contributed by atoms with E-state index in [1.807, 2.05) is 13.8 Å². The Hall–Kier alpha value is -0.610. The highest BCUT2D eigenvalue weighted by atomic mass is 16.3. The van der Waals surface area contributed by atoms with Crippen LogP contribution < -0.4 is 10.6 Å². The van der Waals surface area contributed by atoms with Crippen molar-refractivity contribution in [2.24, 2.45) is 0 Å². The van der Waals surface area contributed by atoms with E-state index in [1.165, 1.54) is 0 Å². The van der Waals surface area contributed by atoms with Crippen LogP contribution in [0.5, 0.6) is 0 Å². The van der Waals surface area contributed by atoms with Crippen molar-refractivity contribution in [3.8, 4) is 0 Å².